The van der Waals surface area contributed by atoms with Crippen molar-refractivity contribution >= 4 is 40.3 Å². The maximum absolute atomic E-state index is 13.6. The van der Waals surface area contributed by atoms with Gasteiger partial charge in [-0.05, 0) is 53.9 Å². The van der Waals surface area contributed by atoms with E-state index in [1.165, 1.54) is 7.11 Å². The first-order valence-electron chi connectivity index (χ1n) is 12.6. The standard InChI is InChI=1S/C29H31N3O6/c1-3-38-29(36)32-16-14-31(15-17-32)27(34)25(18-20-8-10-22(11-9-20)28(35)37-2)26(33)30-24-13-12-21-6-4-5-7-23(21)19-24/h4-13,19,25H,3,14-18H2,1-2H3,(H,30,33). The highest BCUT2D eigenvalue weighted by Gasteiger charge is 2.34. The van der Waals surface area contributed by atoms with Crippen molar-refractivity contribution in [1.29, 1.82) is 0 Å². The van der Waals surface area contributed by atoms with Crippen molar-refractivity contribution in [3.05, 3.63) is 77.9 Å². The Morgan fingerprint density at radius 1 is 0.868 bits per heavy atom. The molecule has 9 heteroatoms. The van der Waals surface area contributed by atoms with Crippen LogP contribution in [0.2, 0.25) is 0 Å². The molecule has 1 atom stereocenters. The van der Waals surface area contributed by atoms with Crippen molar-refractivity contribution in [3.63, 3.8) is 0 Å². The minimum Gasteiger partial charge on any atom is -0.465 e. The summed E-state index contributed by atoms with van der Waals surface area (Å²) in [6.07, 6.45) is -0.256. The number of nitrogens with zero attached hydrogens (tertiary/aromatic N) is 2. The van der Waals surface area contributed by atoms with Crippen molar-refractivity contribution in [3.8, 4) is 0 Å². The maximum Gasteiger partial charge on any atom is 0.409 e. The molecule has 198 valence electrons. The fraction of sp³-hybridized carbons (Fsp3) is 0.310. The number of esters is 1. The second-order valence-corrected chi connectivity index (χ2v) is 9.01. The molecule has 1 fully saturated rings. The largest absolute Gasteiger partial charge is 0.465 e. The van der Waals surface area contributed by atoms with Crippen LogP contribution in [0.15, 0.2) is 66.7 Å². The first-order valence-corrected chi connectivity index (χ1v) is 12.6. The summed E-state index contributed by atoms with van der Waals surface area (Å²) in [5.41, 5.74) is 1.71. The monoisotopic (exact) mass is 517 g/mol. The predicted octanol–water partition coefficient (Wildman–Crippen LogP) is 3.72. The fourth-order valence-corrected chi connectivity index (χ4v) is 4.46. The molecule has 3 aromatic rings. The summed E-state index contributed by atoms with van der Waals surface area (Å²) in [5.74, 6) is -2.20. The minimum atomic E-state index is -1.00. The number of carbonyl (C=O) groups excluding carboxylic acids is 4. The molecule has 3 amide bonds. The van der Waals surface area contributed by atoms with Crippen molar-refractivity contribution in [2.75, 3.05) is 45.2 Å². The Morgan fingerprint density at radius 2 is 1.53 bits per heavy atom. The number of fused-ring (bicyclic) bond motifs is 1. The molecular weight excluding hydrogens is 486 g/mol. The van der Waals surface area contributed by atoms with Gasteiger partial charge in [-0.3, -0.25) is 9.59 Å². The highest BCUT2D eigenvalue weighted by atomic mass is 16.6. The number of benzene rings is 3. The van der Waals surface area contributed by atoms with Gasteiger partial charge in [0.25, 0.3) is 0 Å². The summed E-state index contributed by atoms with van der Waals surface area (Å²) in [6, 6.07) is 20.1. The second kappa shape index (κ2) is 12.2. The lowest BCUT2D eigenvalue weighted by molar-refractivity contribution is -0.141. The molecule has 38 heavy (non-hydrogen) atoms. The molecule has 0 aromatic heterocycles. The molecule has 1 N–H and O–H groups in total. The lowest BCUT2D eigenvalue weighted by atomic mass is 9.95. The van der Waals surface area contributed by atoms with Crippen LogP contribution in [0.25, 0.3) is 10.8 Å². The van der Waals surface area contributed by atoms with E-state index in [9.17, 15) is 19.2 Å². The van der Waals surface area contributed by atoms with Crippen LogP contribution in [-0.2, 0) is 25.5 Å². The van der Waals surface area contributed by atoms with Crippen molar-refractivity contribution in [1.82, 2.24) is 9.80 Å². The molecule has 0 bridgehead atoms. The summed E-state index contributed by atoms with van der Waals surface area (Å²) in [7, 11) is 1.31. The Kier molecular flexibility index (Phi) is 8.58. The van der Waals surface area contributed by atoms with Crippen LogP contribution in [0.5, 0.6) is 0 Å². The molecule has 3 aromatic carbocycles. The molecule has 1 heterocycles. The van der Waals surface area contributed by atoms with Crippen molar-refractivity contribution < 1.29 is 28.7 Å². The number of amides is 3. The Morgan fingerprint density at radius 3 is 2.18 bits per heavy atom. The molecule has 0 spiro atoms. The van der Waals surface area contributed by atoms with Gasteiger partial charge in [-0.2, -0.15) is 0 Å². The first kappa shape index (κ1) is 26.7. The number of anilines is 1. The summed E-state index contributed by atoms with van der Waals surface area (Å²) in [6.45, 7) is 3.30. The quantitative estimate of drug-likeness (QED) is 0.378. The van der Waals surface area contributed by atoms with E-state index in [2.05, 4.69) is 5.32 Å². The summed E-state index contributed by atoms with van der Waals surface area (Å²) in [5, 5.41) is 4.93. The minimum absolute atomic E-state index is 0.151. The number of rotatable bonds is 7. The van der Waals surface area contributed by atoms with Gasteiger partial charge in [0.15, 0.2) is 0 Å². The van der Waals surface area contributed by atoms with Crippen LogP contribution >= 0.6 is 0 Å². The van der Waals surface area contributed by atoms with E-state index in [1.54, 1.807) is 41.0 Å². The molecule has 9 nitrogen and oxygen atoms in total. The van der Waals surface area contributed by atoms with Gasteiger partial charge in [0.1, 0.15) is 5.92 Å². The molecule has 0 saturated carbocycles. The zero-order valence-corrected chi connectivity index (χ0v) is 21.5. The van der Waals surface area contributed by atoms with Crippen LogP contribution < -0.4 is 5.32 Å². The predicted molar refractivity (Wildman–Crippen MR) is 143 cm³/mol. The van der Waals surface area contributed by atoms with Gasteiger partial charge in [0.05, 0.1) is 19.3 Å². The van der Waals surface area contributed by atoms with E-state index in [1.807, 2.05) is 42.5 Å². The zero-order chi connectivity index (χ0) is 27.1. The normalized spacial score (nSPS) is 14.1. The number of piperazine rings is 1. The van der Waals surface area contributed by atoms with E-state index < -0.39 is 23.9 Å². The summed E-state index contributed by atoms with van der Waals surface area (Å²) in [4.78, 5) is 54.2. The Balaban J connectivity index is 1.52. The number of methoxy groups -OCH3 is 1. The van der Waals surface area contributed by atoms with Gasteiger partial charge < -0.3 is 24.6 Å². The van der Waals surface area contributed by atoms with Gasteiger partial charge in [-0.1, -0.05) is 42.5 Å². The Labute approximate surface area is 221 Å². The Hall–Kier alpha value is -4.40. The molecule has 4 rings (SSSR count). The van der Waals surface area contributed by atoms with Crippen LogP contribution in [-0.4, -0.2) is 73.6 Å². The number of carbonyl (C=O) groups is 4. The van der Waals surface area contributed by atoms with E-state index in [0.29, 0.717) is 37.4 Å². The Bertz CT molecular complexity index is 1320. The van der Waals surface area contributed by atoms with Gasteiger partial charge in [-0.15, -0.1) is 0 Å². The van der Waals surface area contributed by atoms with Gasteiger partial charge >= 0.3 is 12.1 Å². The molecule has 1 saturated heterocycles. The number of hydrogen-bond acceptors (Lipinski definition) is 6. The van der Waals surface area contributed by atoms with E-state index in [4.69, 9.17) is 9.47 Å². The van der Waals surface area contributed by atoms with Crippen LogP contribution in [0.1, 0.15) is 22.8 Å². The topological polar surface area (TPSA) is 105 Å². The van der Waals surface area contributed by atoms with Gasteiger partial charge in [-0.25, -0.2) is 9.59 Å². The van der Waals surface area contributed by atoms with E-state index in [-0.39, 0.29) is 18.9 Å². The first-order chi connectivity index (χ1) is 18.4. The molecular formula is C29H31N3O6. The third kappa shape index (κ3) is 6.29. The third-order valence-corrected chi connectivity index (χ3v) is 6.56. The highest BCUT2D eigenvalue weighted by Crippen LogP contribution is 2.22. The zero-order valence-electron chi connectivity index (χ0n) is 21.5. The number of ether oxygens (including phenoxy) is 2. The lowest BCUT2D eigenvalue weighted by Crippen LogP contribution is -2.53. The van der Waals surface area contributed by atoms with Crippen LogP contribution in [0.3, 0.4) is 0 Å². The average Bonchev–Trinajstić information content (AvgIpc) is 2.95. The lowest BCUT2D eigenvalue weighted by Gasteiger charge is -2.35. The number of hydrogen-bond donors (Lipinski definition) is 1. The second-order valence-electron chi connectivity index (χ2n) is 9.01. The highest BCUT2D eigenvalue weighted by molar-refractivity contribution is 6.07. The SMILES string of the molecule is CCOC(=O)N1CCN(C(=O)C(Cc2ccc(C(=O)OC)cc2)C(=O)Nc2ccc3ccccc3c2)CC1. The molecule has 0 radical (unpaired) electrons. The van der Waals surface area contributed by atoms with Crippen LogP contribution in [0, 0.1) is 5.92 Å². The number of nitrogens with one attached hydrogen (secondary N) is 1. The van der Waals surface area contributed by atoms with Gasteiger partial charge in [0.2, 0.25) is 11.8 Å². The van der Waals surface area contributed by atoms with E-state index in [0.717, 1.165) is 16.3 Å². The molecule has 0 aliphatic carbocycles. The maximum atomic E-state index is 13.6. The molecule has 1 unspecified atom stereocenters. The van der Waals surface area contributed by atoms with E-state index >= 15 is 0 Å². The molecule has 1 aliphatic heterocycles. The summed E-state index contributed by atoms with van der Waals surface area (Å²) < 4.78 is 9.81. The van der Waals surface area contributed by atoms with Crippen molar-refractivity contribution in [2.45, 2.75) is 13.3 Å². The summed E-state index contributed by atoms with van der Waals surface area (Å²) >= 11 is 0. The molecule has 1 aliphatic rings. The third-order valence-electron chi connectivity index (χ3n) is 6.56. The van der Waals surface area contributed by atoms with Crippen LogP contribution in [0.4, 0.5) is 10.5 Å². The van der Waals surface area contributed by atoms with Gasteiger partial charge in [0, 0.05) is 31.9 Å². The fourth-order valence-electron chi connectivity index (χ4n) is 4.46. The smallest absolute Gasteiger partial charge is 0.409 e. The van der Waals surface area contributed by atoms with Crippen molar-refractivity contribution in [2.24, 2.45) is 5.92 Å². The average molecular weight is 518 g/mol.